The maximum atomic E-state index is 2.58. The van der Waals surface area contributed by atoms with Crippen LogP contribution in [0.1, 0.15) is 0 Å². The van der Waals surface area contributed by atoms with Crippen molar-refractivity contribution in [2.24, 2.45) is 0 Å². The molecule has 0 aliphatic carbocycles. The molecule has 0 bridgehead atoms. The van der Waals surface area contributed by atoms with Crippen molar-refractivity contribution in [2.45, 2.75) is 0 Å². The van der Waals surface area contributed by atoms with Gasteiger partial charge in [0.2, 0.25) is 0 Å². The number of nitrogens with zero attached hydrogens (tertiary/aromatic N) is 3. The van der Waals surface area contributed by atoms with Gasteiger partial charge in [0.25, 0.3) is 6.71 Å². The van der Waals surface area contributed by atoms with Crippen LogP contribution >= 0.6 is 0 Å². The van der Waals surface area contributed by atoms with E-state index in [4.69, 9.17) is 0 Å². The second-order valence-corrected chi connectivity index (χ2v) is 23.9. The van der Waals surface area contributed by atoms with Crippen LogP contribution in [-0.2, 0) is 0 Å². The van der Waals surface area contributed by atoms with Gasteiger partial charge in [-0.2, -0.15) is 0 Å². The van der Waals surface area contributed by atoms with Crippen LogP contribution in [0.15, 0.2) is 340 Å². The Morgan fingerprint density at radius 3 is 1.01 bits per heavy atom. The molecule has 18 rings (SSSR count). The Morgan fingerprint density at radius 2 is 0.556 bits per heavy atom. The summed E-state index contributed by atoms with van der Waals surface area (Å²) in [6, 6.07) is 126. The van der Waals surface area contributed by atoms with Gasteiger partial charge >= 0.3 is 0 Å². The molecule has 15 aromatic carbocycles. The minimum atomic E-state index is -0.121. The average Bonchev–Trinajstić information content (AvgIpc) is 1.05. The molecule has 16 aromatic rings. The summed E-state index contributed by atoms with van der Waals surface area (Å²) in [6.45, 7) is -0.121. The minimum absolute atomic E-state index is 0.121. The fourth-order valence-corrected chi connectivity index (χ4v) is 15.0. The van der Waals surface area contributed by atoms with E-state index in [9.17, 15) is 0 Å². The highest BCUT2D eigenvalue weighted by Gasteiger charge is 2.44. The van der Waals surface area contributed by atoms with E-state index in [1.165, 1.54) is 104 Å². The molecule has 0 unspecified atom stereocenters. The van der Waals surface area contributed by atoms with Crippen LogP contribution in [0.5, 0.6) is 0 Å². The maximum absolute atomic E-state index is 2.58. The quantitative estimate of drug-likeness (QED) is 0.105. The maximum Gasteiger partial charge on any atom is 0.252 e. The molecule has 3 heterocycles. The topological polar surface area (TPSA) is 11.4 Å². The van der Waals surface area contributed by atoms with Crippen LogP contribution < -0.4 is 26.2 Å². The lowest BCUT2D eigenvalue weighted by atomic mass is 9.33. The molecule has 0 saturated carbocycles. The molecule has 418 valence electrons. The van der Waals surface area contributed by atoms with E-state index in [1.54, 1.807) is 0 Å². The smallest absolute Gasteiger partial charge is 0.252 e. The Bertz CT molecular complexity index is 5230. The molecule has 2 aliphatic heterocycles. The first-order valence-electron chi connectivity index (χ1n) is 31.2. The van der Waals surface area contributed by atoms with Gasteiger partial charge in [0.15, 0.2) is 0 Å². The Labute approximate surface area is 524 Å². The van der Waals surface area contributed by atoms with Crippen molar-refractivity contribution in [1.29, 1.82) is 0 Å². The summed E-state index contributed by atoms with van der Waals surface area (Å²) < 4.78 is 2.54. The molecule has 1 aromatic heterocycles. The van der Waals surface area contributed by atoms with Gasteiger partial charge in [-0.25, -0.2) is 0 Å². The predicted octanol–water partition coefficient (Wildman–Crippen LogP) is 21.2. The SMILES string of the molecule is c1ccc(-c2cccc(N3c4cc(-c5ccccc5)ccc4B4c5ccc(-c6ccccc6)cc5N(c5cccc(-c6ccccc6)c5)c5cc(-n6c7ccccc7c7cc(-c8c9ccccc9c(-c9ccccc9)c9ccccc89)ccc76)cc3c54)c2)cc1. The number of hydrogen-bond donors (Lipinski definition) is 0. The molecule has 90 heavy (non-hydrogen) atoms. The van der Waals surface area contributed by atoms with Crippen LogP contribution in [0.2, 0.25) is 0 Å². The number of aromatic nitrogens is 1. The van der Waals surface area contributed by atoms with Crippen molar-refractivity contribution < 1.29 is 0 Å². The van der Waals surface area contributed by atoms with Crippen molar-refractivity contribution in [3.63, 3.8) is 0 Å². The number of benzene rings is 15. The van der Waals surface area contributed by atoms with Gasteiger partial charge in [-0.05, 0) is 171 Å². The normalized spacial score (nSPS) is 12.4. The number of anilines is 6. The highest BCUT2D eigenvalue weighted by molar-refractivity contribution is 7.00. The van der Waals surface area contributed by atoms with Gasteiger partial charge in [0.05, 0.1) is 16.7 Å². The standard InChI is InChI=1S/C86H56BN3/c1-6-24-57(25-7-1)62-34-22-36-67(50-62)88-80-53-64(59-28-10-3-11-29-59)44-47-76(80)87-77-48-45-65(60-30-12-4-13-31-60)54-81(77)89(68-37-23-35-63(51-68)58-26-8-2-9-27-58)83-56-69(55-82(88)86(83)87)90-78-43-21-20-38-70(78)75-52-66(46-49-79(75)90)85-73-41-18-16-39-71(73)84(61-32-14-5-15-33-61)72-40-17-19-42-74(72)85/h1-56H. The molecular formula is C86H56BN3. The van der Waals surface area contributed by atoms with E-state index in [1.807, 2.05) is 0 Å². The van der Waals surface area contributed by atoms with Crippen molar-refractivity contribution in [3.8, 4) is 72.4 Å². The number of para-hydroxylation sites is 1. The molecular weight excluding hydrogens is 1090 g/mol. The van der Waals surface area contributed by atoms with Crippen molar-refractivity contribution >= 4 is 101 Å². The minimum Gasteiger partial charge on any atom is -0.311 e. The first-order chi connectivity index (χ1) is 44.7. The van der Waals surface area contributed by atoms with E-state index in [0.717, 1.165) is 62.0 Å². The largest absolute Gasteiger partial charge is 0.311 e. The van der Waals surface area contributed by atoms with E-state index < -0.39 is 0 Å². The van der Waals surface area contributed by atoms with Gasteiger partial charge in [0.1, 0.15) is 0 Å². The Balaban J connectivity index is 0.939. The first kappa shape index (κ1) is 51.5. The summed E-state index contributed by atoms with van der Waals surface area (Å²) in [4.78, 5) is 5.16. The third-order valence-electron chi connectivity index (χ3n) is 18.9. The summed E-state index contributed by atoms with van der Waals surface area (Å²) in [5, 5.41) is 7.36. The van der Waals surface area contributed by atoms with Crippen LogP contribution in [0.3, 0.4) is 0 Å². The van der Waals surface area contributed by atoms with Crippen molar-refractivity contribution in [1.82, 2.24) is 4.57 Å². The van der Waals surface area contributed by atoms with E-state index in [0.29, 0.717) is 0 Å². The van der Waals surface area contributed by atoms with Crippen LogP contribution in [0.4, 0.5) is 34.1 Å². The van der Waals surface area contributed by atoms with Crippen LogP contribution in [-0.4, -0.2) is 11.3 Å². The number of hydrogen-bond acceptors (Lipinski definition) is 2. The molecule has 0 atom stereocenters. The van der Waals surface area contributed by atoms with Crippen LogP contribution in [0.25, 0.3) is 116 Å². The fraction of sp³-hybridized carbons (Fsp3) is 0. The summed E-state index contributed by atoms with van der Waals surface area (Å²) >= 11 is 0. The summed E-state index contributed by atoms with van der Waals surface area (Å²) in [5.74, 6) is 0. The molecule has 0 N–H and O–H groups in total. The lowest BCUT2D eigenvalue weighted by molar-refractivity contribution is 1.16. The number of fused-ring (bicyclic) bond motifs is 9. The Morgan fingerprint density at radius 1 is 0.200 bits per heavy atom. The van der Waals surface area contributed by atoms with E-state index in [-0.39, 0.29) is 6.71 Å². The second kappa shape index (κ2) is 21.0. The van der Waals surface area contributed by atoms with Gasteiger partial charge < -0.3 is 14.4 Å². The number of rotatable bonds is 9. The highest BCUT2D eigenvalue weighted by atomic mass is 15.2. The van der Waals surface area contributed by atoms with Gasteiger partial charge in [-0.1, -0.05) is 273 Å². The zero-order chi connectivity index (χ0) is 59.2. The van der Waals surface area contributed by atoms with Gasteiger partial charge in [0, 0.05) is 44.9 Å². The molecule has 3 nitrogen and oxygen atoms in total. The molecule has 0 spiro atoms. The zero-order valence-electron chi connectivity index (χ0n) is 49.3. The summed E-state index contributed by atoms with van der Waals surface area (Å²) in [5.41, 5.74) is 28.2. The summed E-state index contributed by atoms with van der Waals surface area (Å²) in [6.07, 6.45) is 0. The van der Waals surface area contributed by atoms with E-state index in [2.05, 4.69) is 354 Å². The molecule has 0 saturated heterocycles. The predicted molar refractivity (Wildman–Crippen MR) is 382 cm³/mol. The van der Waals surface area contributed by atoms with Gasteiger partial charge in [-0.3, -0.25) is 0 Å². The van der Waals surface area contributed by atoms with E-state index >= 15 is 0 Å². The Hall–Kier alpha value is -11.7. The van der Waals surface area contributed by atoms with Crippen molar-refractivity contribution in [2.75, 3.05) is 9.80 Å². The molecule has 0 amide bonds. The zero-order valence-corrected chi connectivity index (χ0v) is 49.3. The monoisotopic (exact) mass is 1140 g/mol. The molecule has 0 radical (unpaired) electrons. The van der Waals surface area contributed by atoms with Crippen LogP contribution in [0, 0.1) is 0 Å². The third-order valence-corrected chi connectivity index (χ3v) is 18.9. The average molecular weight is 1140 g/mol. The molecule has 4 heteroatoms. The highest BCUT2D eigenvalue weighted by Crippen LogP contribution is 2.50. The molecule has 0 fully saturated rings. The lowest BCUT2D eigenvalue weighted by Crippen LogP contribution is -2.61. The lowest BCUT2D eigenvalue weighted by Gasteiger charge is -2.45. The fourth-order valence-electron chi connectivity index (χ4n) is 15.0. The first-order valence-corrected chi connectivity index (χ1v) is 31.2. The van der Waals surface area contributed by atoms with Gasteiger partial charge in [-0.15, -0.1) is 0 Å². The Kier molecular flexibility index (Phi) is 12.0. The second-order valence-electron chi connectivity index (χ2n) is 23.9. The molecule has 2 aliphatic rings. The summed E-state index contributed by atoms with van der Waals surface area (Å²) in [7, 11) is 0. The van der Waals surface area contributed by atoms with Crippen molar-refractivity contribution in [3.05, 3.63) is 340 Å². The third kappa shape index (κ3) is 8.30.